The number of carbonyl (C=O) groups excluding carboxylic acids is 1. The van der Waals surface area contributed by atoms with Crippen molar-refractivity contribution >= 4 is 41.0 Å². The molecule has 0 spiro atoms. The number of carbonyl (C=O) groups is 2. The maximum Gasteiger partial charge on any atom is 0.339 e. The van der Waals surface area contributed by atoms with Crippen molar-refractivity contribution < 1.29 is 19.2 Å². The van der Waals surface area contributed by atoms with Gasteiger partial charge in [-0.25, -0.2) is 4.79 Å². The highest BCUT2D eigenvalue weighted by atomic mass is 35.5. The summed E-state index contributed by atoms with van der Waals surface area (Å²) in [7, 11) is 1.46. The van der Waals surface area contributed by atoms with Gasteiger partial charge in [-0.3, -0.25) is 14.8 Å². The number of rotatable bonds is 4. The number of aromatic nitrogens is 3. The van der Waals surface area contributed by atoms with Crippen LogP contribution in [0.5, 0.6) is 0 Å². The molecular formula is C15H10Cl2N4O4. The van der Waals surface area contributed by atoms with Crippen molar-refractivity contribution in [3.8, 4) is 11.3 Å². The first-order valence-electron chi connectivity index (χ1n) is 6.85. The number of halogens is 2. The molecule has 0 unspecified atom stereocenters. The zero-order valence-corrected chi connectivity index (χ0v) is 14.2. The summed E-state index contributed by atoms with van der Waals surface area (Å²) in [6.07, 6.45) is 1.10. The van der Waals surface area contributed by atoms with Gasteiger partial charge >= 0.3 is 5.97 Å². The molecule has 0 aliphatic carbocycles. The Bertz CT molecular complexity index is 980. The maximum atomic E-state index is 12.3. The van der Waals surface area contributed by atoms with Crippen molar-refractivity contribution in [2.24, 2.45) is 7.05 Å². The number of benzene rings is 1. The molecule has 1 aromatic carbocycles. The summed E-state index contributed by atoms with van der Waals surface area (Å²) < 4.78 is 6.22. The second-order valence-corrected chi connectivity index (χ2v) is 5.81. The first kappa shape index (κ1) is 17.0. The standard InChI is InChI=1S/C15H10Cl2N4O4/c1-21-13(8(6-18-21)15(23)24)14(22)19-12-5-11(20-25-12)7-2-3-9(16)10(17)4-7/h2-6H,1H3,(H,19,22)(H,23,24). The van der Waals surface area contributed by atoms with Crippen molar-refractivity contribution in [3.05, 3.63) is 51.8 Å². The van der Waals surface area contributed by atoms with Gasteiger partial charge in [0.1, 0.15) is 17.0 Å². The van der Waals surface area contributed by atoms with E-state index in [1.807, 2.05) is 0 Å². The molecule has 128 valence electrons. The van der Waals surface area contributed by atoms with Crippen LogP contribution in [0.25, 0.3) is 11.3 Å². The van der Waals surface area contributed by atoms with Gasteiger partial charge in [-0.2, -0.15) is 5.10 Å². The Hall–Kier alpha value is -2.84. The fourth-order valence-corrected chi connectivity index (χ4v) is 2.46. The lowest BCUT2D eigenvalue weighted by Gasteiger charge is -2.03. The number of hydrogen-bond acceptors (Lipinski definition) is 5. The Kier molecular flexibility index (Phi) is 4.47. The largest absolute Gasteiger partial charge is 0.478 e. The molecule has 0 fully saturated rings. The number of anilines is 1. The molecule has 1 amide bonds. The molecule has 2 N–H and O–H groups in total. The summed E-state index contributed by atoms with van der Waals surface area (Å²) in [5, 5.41) is 19.9. The number of nitrogens with zero attached hydrogens (tertiary/aromatic N) is 3. The van der Waals surface area contributed by atoms with Gasteiger partial charge in [0.25, 0.3) is 5.91 Å². The summed E-state index contributed by atoms with van der Waals surface area (Å²) in [6.45, 7) is 0. The van der Waals surface area contributed by atoms with Crippen molar-refractivity contribution in [2.45, 2.75) is 0 Å². The van der Waals surface area contributed by atoms with Crippen LogP contribution in [0.15, 0.2) is 35.0 Å². The molecule has 0 bridgehead atoms. The highest BCUT2D eigenvalue weighted by molar-refractivity contribution is 6.42. The van der Waals surface area contributed by atoms with Gasteiger partial charge in [-0.05, 0) is 12.1 Å². The average molecular weight is 381 g/mol. The smallest absolute Gasteiger partial charge is 0.339 e. The Morgan fingerprint density at radius 3 is 2.68 bits per heavy atom. The predicted octanol–water partition coefficient (Wildman–Crippen LogP) is 3.33. The molecule has 0 saturated heterocycles. The zero-order valence-electron chi connectivity index (χ0n) is 12.7. The second-order valence-electron chi connectivity index (χ2n) is 5.00. The number of hydrogen-bond donors (Lipinski definition) is 2. The Labute approximate surface area is 150 Å². The van der Waals surface area contributed by atoms with E-state index in [0.29, 0.717) is 21.3 Å². The third-order valence-electron chi connectivity index (χ3n) is 3.35. The second kappa shape index (κ2) is 6.58. The molecule has 0 aliphatic heterocycles. The van der Waals surface area contributed by atoms with E-state index in [0.717, 1.165) is 10.9 Å². The molecule has 2 aromatic heterocycles. The lowest BCUT2D eigenvalue weighted by Crippen LogP contribution is -2.19. The first-order valence-corrected chi connectivity index (χ1v) is 7.61. The van der Waals surface area contributed by atoms with Crippen LogP contribution < -0.4 is 5.32 Å². The van der Waals surface area contributed by atoms with Crippen LogP contribution in [-0.2, 0) is 7.05 Å². The predicted molar refractivity (Wildman–Crippen MR) is 90.1 cm³/mol. The lowest BCUT2D eigenvalue weighted by atomic mass is 10.1. The topological polar surface area (TPSA) is 110 Å². The Morgan fingerprint density at radius 2 is 2.00 bits per heavy atom. The maximum absolute atomic E-state index is 12.3. The van der Waals surface area contributed by atoms with Crippen LogP contribution in [0.2, 0.25) is 10.0 Å². The van der Waals surface area contributed by atoms with E-state index in [1.54, 1.807) is 18.2 Å². The number of nitrogens with one attached hydrogen (secondary N) is 1. The van der Waals surface area contributed by atoms with E-state index < -0.39 is 11.9 Å². The summed E-state index contributed by atoms with van der Waals surface area (Å²) >= 11 is 11.8. The van der Waals surface area contributed by atoms with Crippen LogP contribution in [-0.4, -0.2) is 31.9 Å². The summed E-state index contributed by atoms with van der Waals surface area (Å²) in [5.41, 5.74) is 0.743. The number of carboxylic acids is 1. The van der Waals surface area contributed by atoms with Crippen LogP contribution in [0.3, 0.4) is 0 Å². The zero-order chi connectivity index (χ0) is 18.1. The fourth-order valence-electron chi connectivity index (χ4n) is 2.16. The third-order valence-corrected chi connectivity index (χ3v) is 4.09. The van der Waals surface area contributed by atoms with Crippen molar-refractivity contribution in [1.29, 1.82) is 0 Å². The molecule has 10 heteroatoms. The summed E-state index contributed by atoms with van der Waals surface area (Å²) in [4.78, 5) is 23.5. The van der Waals surface area contributed by atoms with Gasteiger partial charge in [0, 0.05) is 18.7 Å². The molecular weight excluding hydrogens is 371 g/mol. The number of aromatic carboxylic acids is 1. The first-order chi connectivity index (χ1) is 11.9. The number of carboxylic acid groups (broad SMARTS) is 1. The van der Waals surface area contributed by atoms with Gasteiger partial charge in [-0.15, -0.1) is 0 Å². The number of aryl methyl sites for hydroxylation is 1. The molecule has 3 aromatic rings. The van der Waals surface area contributed by atoms with Crippen LogP contribution in [0.1, 0.15) is 20.8 Å². The minimum Gasteiger partial charge on any atom is -0.478 e. The molecule has 25 heavy (non-hydrogen) atoms. The van der Waals surface area contributed by atoms with Gasteiger partial charge in [-0.1, -0.05) is 34.4 Å². The average Bonchev–Trinajstić information content (AvgIpc) is 3.16. The summed E-state index contributed by atoms with van der Waals surface area (Å²) in [6, 6.07) is 6.40. The van der Waals surface area contributed by atoms with Gasteiger partial charge in [0.2, 0.25) is 5.88 Å². The Balaban J connectivity index is 1.84. The van der Waals surface area contributed by atoms with Gasteiger partial charge < -0.3 is 9.63 Å². The van der Waals surface area contributed by atoms with E-state index in [9.17, 15) is 9.59 Å². The molecule has 2 heterocycles. The SMILES string of the molecule is Cn1ncc(C(=O)O)c1C(=O)Nc1cc(-c2ccc(Cl)c(Cl)c2)no1. The van der Waals surface area contributed by atoms with Gasteiger partial charge in [0.05, 0.1) is 16.2 Å². The van der Waals surface area contributed by atoms with Crippen LogP contribution in [0, 0.1) is 0 Å². The monoisotopic (exact) mass is 380 g/mol. The summed E-state index contributed by atoms with van der Waals surface area (Å²) in [5.74, 6) is -1.90. The van der Waals surface area contributed by atoms with Crippen LogP contribution in [0.4, 0.5) is 5.88 Å². The van der Waals surface area contributed by atoms with Crippen LogP contribution >= 0.6 is 23.2 Å². The Morgan fingerprint density at radius 1 is 1.24 bits per heavy atom. The molecule has 0 atom stereocenters. The third kappa shape index (κ3) is 3.35. The van der Waals surface area contributed by atoms with E-state index in [-0.39, 0.29) is 17.1 Å². The van der Waals surface area contributed by atoms with Crippen molar-refractivity contribution in [3.63, 3.8) is 0 Å². The highest BCUT2D eigenvalue weighted by Gasteiger charge is 2.22. The van der Waals surface area contributed by atoms with Gasteiger partial charge in [0.15, 0.2) is 0 Å². The molecule has 0 radical (unpaired) electrons. The quantitative estimate of drug-likeness (QED) is 0.717. The van der Waals surface area contributed by atoms with Crippen molar-refractivity contribution in [2.75, 3.05) is 5.32 Å². The molecule has 0 saturated carbocycles. The number of amides is 1. The normalized spacial score (nSPS) is 10.7. The van der Waals surface area contributed by atoms with E-state index in [2.05, 4.69) is 15.6 Å². The van der Waals surface area contributed by atoms with E-state index >= 15 is 0 Å². The lowest BCUT2D eigenvalue weighted by molar-refractivity contribution is 0.0692. The van der Waals surface area contributed by atoms with E-state index in [1.165, 1.54) is 13.1 Å². The highest BCUT2D eigenvalue weighted by Crippen LogP contribution is 2.29. The molecule has 8 nitrogen and oxygen atoms in total. The van der Waals surface area contributed by atoms with Crippen molar-refractivity contribution in [1.82, 2.24) is 14.9 Å². The van der Waals surface area contributed by atoms with E-state index in [4.69, 9.17) is 32.8 Å². The fraction of sp³-hybridized carbons (Fsp3) is 0.0667. The minimum atomic E-state index is -1.26. The minimum absolute atomic E-state index is 0.0450. The molecule has 3 rings (SSSR count). The molecule has 0 aliphatic rings.